The van der Waals surface area contributed by atoms with Crippen LogP contribution in [0.5, 0.6) is 23.0 Å². The van der Waals surface area contributed by atoms with Gasteiger partial charge >= 0.3 is 5.97 Å². The van der Waals surface area contributed by atoms with Gasteiger partial charge < -0.3 is 29.0 Å². The second-order valence-corrected chi connectivity index (χ2v) is 10.7. The Balaban J connectivity index is 1.36. The molecule has 1 aromatic heterocycles. The van der Waals surface area contributed by atoms with E-state index in [2.05, 4.69) is 15.8 Å². The minimum Gasteiger partial charge on any atom is -0.493 e. The zero-order valence-corrected chi connectivity index (χ0v) is 25.6. The predicted octanol–water partition coefficient (Wildman–Crippen LogP) is 5.00. The maximum Gasteiger partial charge on any atom is 0.341 e. The molecular formula is C31H35N3O8S. The normalized spacial score (nSPS) is 13.0. The monoisotopic (exact) mass is 609 g/mol. The molecule has 12 heteroatoms. The summed E-state index contributed by atoms with van der Waals surface area (Å²) in [6, 6.07) is 9.77. The van der Waals surface area contributed by atoms with Gasteiger partial charge in [0.15, 0.2) is 17.6 Å². The molecule has 0 saturated heterocycles. The molecular weight excluding hydrogens is 574 g/mol. The van der Waals surface area contributed by atoms with Crippen LogP contribution in [0.3, 0.4) is 0 Å². The highest BCUT2D eigenvalue weighted by atomic mass is 32.1. The molecule has 0 radical (unpaired) electrons. The molecule has 0 spiro atoms. The van der Waals surface area contributed by atoms with Gasteiger partial charge in [0.05, 0.1) is 39.7 Å². The average Bonchev–Trinajstić information content (AvgIpc) is 3.38. The zero-order chi connectivity index (χ0) is 30.9. The lowest BCUT2D eigenvalue weighted by Crippen LogP contribution is -2.33. The number of rotatable bonds is 12. The number of amides is 2. The number of hydrazone groups is 1. The van der Waals surface area contributed by atoms with E-state index in [9.17, 15) is 14.4 Å². The number of carbonyl (C=O) groups is 3. The molecule has 43 heavy (non-hydrogen) atoms. The molecule has 1 atom stereocenters. The minimum atomic E-state index is -0.874. The summed E-state index contributed by atoms with van der Waals surface area (Å²) in [5.41, 5.74) is 4.88. The first kappa shape index (κ1) is 31.4. The van der Waals surface area contributed by atoms with Gasteiger partial charge in [0.25, 0.3) is 11.8 Å². The number of thiophene rings is 1. The Morgan fingerprint density at radius 1 is 1.00 bits per heavy atom. The molecule has 2 aromatic carbocycles. The van der Waals surface area contributed by atoms with Crippen molar-refractivity contribution in [2.45, 2.75) is 45.6 Å². The maximum atomic E-state index is 13.1. The standard InChI is InChI=1S/C31H35N3O8S/c1-6-41-31(37)26-22-9-7-8-10-25(22)43-30(26)33-29(36)20-11-13-21(14-12-20)42-18(2)28(35)34-32-17-19-15-23(38-3)27(40-5)24(16-19)39-4/h11-18H,6-10H2,1-5H3,(H,33,36)(H,34,35)/b32-17-/t18-/m1/s1. The van der Waals surface area contributed by atoms with Crippen LogP contribution in [0.25, 0.3) is 0 Å². The average molecular weight is 610 g/mol. The van der Waals surface area contributed by atoms with Gasteiger partial charge in [0, 0.05) is 16.0 Å². The van der Waals surface area contributed by atoms with Crippen molar-refractivity contribution in [3.05, 3.63) is 63.5 Å². The SMILES string of the molecule is CCOC(=O)c1c(NC(=O)c2ccc(O[C@H](C)C(=O)N/N=C\c3cc(OC)c(OC)c(OC)c3)cc2)sc2c1CCCC2. The van der Waals surface area contributed by atoms with Gasteiger partial charge in [-0.15, -0.1) is 11.3 Å². The molecule has 0 saturated carbocycles. The van der Waals surface area contributed by atoms with Crippen LogP contribution in [0.4, 0.5) is 5.00 Å². The van der Waals surface area contributed by atoms with Gasteiger partial charge in [-0.3, -0.25) is 9.59 Å². The molecule has 1 aliphatic carbocycles. The first-order chi connectivity index (χ1) is 20.8. The zero-order valence-electron chi connectivity index (χ0n) is 24.8. The Bertz CT molecular complexity index is 1470. The van der Waals surface area contributed by atoms with E-state index >= 15 is 0 Å². The summed E-state index contributed by atoms with van der Waals surface area (Å²) >= 11 is 1.43. The van der Waals surface area contributed by atoms with Crippen LogP contribution < -0.4 is 29.7 Å². The van der Waals surface area contributed by atoms with Gasteiger partial charge in [-0.25, -0.2) is 10.2 Å². The van der Waals surface area contributed by atoms with Crippen molar-refractivity contribution in [3.63, 3.8) is 0 Å². The van der Waals surface area contributed by atoms with E-state index in [1.165, 1.54) is 38.9 Å². The molecule has 0 bridgehead atoms. The Morgan fingerprint density at radius 2 is 1.67 bits per heavy atom. The number of nitrogens with zero attached hydrogens (tertiary/aromatic N) is 1. The van der Waals surface area contributed by atoms with Gasteiger partial charge in [-0.2, -0.15) is 5.10 Å². The number of anilines is 1. The molecule has 1 heterocycles. The molecule has 1 aliphatic rings. The first-order valence-corrected chi connectivity index (χ1v) is 14.6. The summed E-state index contributed by atoms with van der Waals surface area (Å²) in [5.74, 6) is 0.507. The number of fused-ring (bicyclic) bond motifs is 1. The Kier molecular flexibility index (Phi) is 10.6. The third kappa shape index (κ3) is 7.44. The number of aryl methyl sites for hydroxylation is 1. The fraction of sp³-hybridized carbons (Fsp3) is 0.355. The number of hydrogen-bond acceptors (Lipinski definition) is 10. The number of hydrogen-bond donors (Lipinski definition) is 2. The number of methoxy groups -OCH3 is 3. The van der Waals surface area contributed by atoms with Gasteiger partial charge in [-0.05, 0) is 81.5 Å². The van der Waals surface area contributed by atoms with Crippen molar-refractivity contribution in [2.24, 2.45) is 5.10 Å². The highest BCUT2D eigenvalue weighted by Gasteiger charge is 2.27. The van der Waals surface area contributed by atoms with E-state index < -0.39 is 18.0 Å². The molecule has 228 valence electrons. The van der Waals surface area contributed by atoms with E-state index in [0.29, 0.717) is 44.7 Å². The molecule has 0 aliphatic heterocycles. The molecule has 0 unspecified atom stereocenters. The van der Waals surface area contributed by atoms with E-state index in [1.807, 2.05) is 0 Å². The largest absolute Gasteiger partial charge is 0.493 e. The van der Waals surface area contributed by atoms with Crippen LogP contribution >= 0.6 is 11.3 Å². The van der Waals surface area contributed by atoms with Crippen LogP contribution in [0.1, 0.15) is 63.4 Å². The van der Waals surface area contributed by atoms with Crippen LogP contribution in [0.15, 0.2) is 41.5 Å². The second kappa shape index (κ2) is 14.5. The van der Waals surface area contributed by atoms with Crippen molar-refractivity contribution in [3.8, 4) is 23.0 Å². The van der Waals surface area contributed by atoms with Crippen molar-refractivity contribution in [1.29, 1.82) is 0 Å². The van der Waals surface area contributed by atoms with Gasteiger partial charge in [0.2, 0.25) is 5.75 Å². The summed E-state index contributed by atoms with van der Waals surface area (Å²) in [7, 11) is 4.53. The molecule has 11 nitrogen and oxygen atoms in total. The van der Waals surface area contributed by atoms with E-state index in [1.54, 1.807) is 50.2 Å². The van der Waals surface area contributed by atoms with Crippen LogP contribution in [0.2, 0.25) is 0 Å². The smallest absolute Gasteiger partial charge is 0.341 e. The third-order valence-corrected chi connectivity index (χ3v) is 7.96. The van der Waals surface area contributed by atoms with Crippen molar-refractivity contribution in [1.82, 2.24) is 5.43 Å². The van der Waals surface area contributed by atoms with Crippen LogP contribution in [-0.2, 0) is 22.4 Å². The van der Waals surface area contributed by atoms with Crippen LogP contribution in [0, 0.1) is 0 Å². The van der Waals surface area contributed by atoms with Gasteiger partial charge in [0.1, 0.15) is 10.8 Å². The van der Waals surface area contributed by atoms with E-state index in [0.717, 1.165) is 36.1 Å². The second-order valence-electron chi connectivity index (χ2n) is 9.57. The summed E-state index contributed by atoms with van der Waals surface area (Å²) in [5, 5.41) is 7.40. The molecule has 4 rings (SSSR count). The Hall–Kier alpha value is -4.58. The minimum absolute atomic E-state index is 0.258. The van der Waals surface area contributed by atoms with Crippen LogP contribution in [-0.4, -0.2) is 58.0 Å². The lowest BCUT2D eigenvalue weighted by Gasteiger charge is -2.14. The molecule has 3 aromatic rings. The highest BCUT2D eigenvalue weighted by molar-refractivity contribution is 7.17. The number of carbonyl (C=O) groups excluding carboxylic acids is 3. The van der Waals surface area contributed by atoms with Crippen molar-refractivity contribution >= 4 is 40.3 Å². The van der Waals surface area contributed by atoms with Crippen molar-refractivity contribution < 1.29 is 38.1 Å². The quantitative estimate of drug-likeness (QED) is 0.167. The predicted molar refractivity (Wildman–Crippen MR) is 163 cm³/mol. The maximum absolute atomic E-state index is 13.1. The molecule has 2 N–H and O–H groups in total. The highest BCUT2D eigenvalue weighted by Crippen LogP contribution is 2.39. The summed E-state index contributed by atoms with van der Waals surface area (Å²) < 4.78 is 27.0. The lowest BCUT2D eigenvalue weighted by molar-refractivity contribution is -0.127. The molecule has 0 fully saturated rings. The first-order valence-electron chi connectivity index (χ1n) is 13.8. The summed E-state index contributed by atoms with van der Waals surface area (Å²) in [6.07, 6.45) is 4.31. The Morgan fingerprint density at radius 3 is 2.30 bits per heavy atom. The topological polar surface area (TPSA) is 134 Å². The van der Waals surface area contributed by atoms with Crippen molar-refractivity contribution in [2.75, 3.05) is 33.3 Å². The number of nitrogens with one attached hydrogen (secondary N) is 2. The van der Waals surface area contributed by atoms with Gasteiger partial charge in [-0.1, -0.05) is 0 Å². The van der Waals surface area contributed by atoms with E-state index in [4.69, 9.17) is 23.7 Å². The summed E-state index contributed by atoms with van der Waals surface area (Å²) in [4.78, 5) is 39.4. The molecule has 2 amide bonds. The fourth-order valence-electron chi connectivity index (χ4n) is 4.63. The Labute approximate surface area is 254 Å². The summed E-state index contributed by atoms with van der Waals surface area (Å²) in [6.45, 7) is 3.60. The number of esters is 1. The third-order valence-electron chi connectivity index (χ3n) is 6.75. The van der Waals surface area contributed by atoms with E-state index in [-0.39, 0.29) is 12.5 Å². The number of benzene rings is 2. The lowest BCUT2D eigenvalue weighted by atomic mass is 9.95. The fourth-order valence-corrected chi connectivity index (χ4v) is 5.90. The number of ether oxygens (including phenoxy) is 5.